The highest BCUT2D eigenvalue weighted by molar-refractivity contribution is 7.88. The quantitative estimate of drug-likeness (QED) is 0.732. The summed E-state index contributed by atoms with van der Waals surface area (Å²) < 4.78 is 58.9. The maximum Gasteiger partial charge on any atom is 0.219 e. The monoisotopic (exact) mass is 444 g/mol. The number of piperidine rings is 1. The van der Waals surface area contributed by atoms with Gasteiger partial charge in [0, 0.05) is 19.5 Å². The van der Waals surface area contributed by atoms with Crippen LogP contribution in [0, 0.1) is 11.6 Å². The van der Waals surface area contributed by atoms with Crippen LogP contribution in [0.1, 0.15) is 56.9 Å². The summed E-state index contributed by atoms with van der Waals surface area (Å²) in [5.41, 5.74) is 0.805. The molecule has 2 aliphatic rings. The highest BCUT2D eigenvalue weighted by Crippen LogP contribution is 2.35. The van der Waals surface area contributed by atoms with Crippen molar-refractivity contribution in [1.82, 2.24) is 9.62 Å². The largest absolute Gasteiger partial charge is 0.376 e. The molecule has 0 aromatic heterocycles. The lowest BCUT2D eigenvalue weighted by molar-refractivity contribution is -0.136. The van der Waals surface area contributed by atoms with Crippen LogP contribution in [0.25, 0.3) is 0 Å². The first-order valence-corrected chi connectivity index (χ1v) is 12.3. The molecule has 1 saturated carbocycles. The van der Waals surface area contributed by atoms with Gasteiger partial charge in [-0.15, -0.1) is 0 Å². The Kier molecular flexibility index (Phi) is 7.47. The van der Waals surface area contributed by atoms with Crippen LogP contribution in [0.2, 0.25) is 0 Å². The van der Waals surface area contributed by atoms with Crippen molar-refractivity contribution in [2.24, 2.45) is 0 Å². The summed E-state index contributed by atoms with van der Waals surface area (Å²) >= 11 is 0. The number of benzene rings is 1. The van der Waals surface area contributed by atoms with Gasteiger partial charge in [0.25, 0.3) is 0 Å². The van der Waals surface area contributed by atoms with E-state index in [1.165, 1.54) is 19.1 Å². The van der Waals surface area contributed by atoms with E-state index < -0.39 is 21.7 Å². The lowest BCUT2D eigenvalue weighted by atomic mass is 9.82. The number of likely N-dealkylation sites (tertiary alicyclic amines) is 1. The average Bonchev–Trinajstić information content (AvgIpc) is 2.68. The smallest absolute Gasteiger partial charge is 0.219 e. The van der Waals surface area contributed by atoms with Crippen molar-refractivity contribution in [3.05, 3.63) is 35.4 Å². The Morgan fingerprint density at radius 2 is 1.87 bits per heavy atom. The number of ether oxygens (including phenoxy) is 1. The SMILES string of the molecule is CC(=O)N1CCC[C@H](NS(C)(=O)=O)[C@@H]1CO[C@H]1CC[C@@H](c2ccc(F)c(F)c2)CC1. The second-order valence-electron chi connectivity index (χ2n) is 8.40. The Morgan fingerprint density at radius 3 is 2.47 bits per heavy atom. The molecule has 1 aromatic carbocycles. The summed E-state index contributed by atoms with van der Waals surface area (Å²) in [4.78, 5) is 13.8. The molecule has 6 nitrogen and oxygen atoms in total. The van der Waals surface area contributed by atoms with E-state index in [2.05, 4.69) is 4.72 Å². The zero-order chi connectivity index (χ0) is 21.9. The molecule has 1 N–H and O–H groups in total. The summed E-state index contributed by atoms with van der Waals surface area (Å²) in [6, 6.07) is 3.38. The summed E-state index contributed by atoms with van der Waals surface area (Å²) in [6.07, 6.45) is 5.69. The Hall–Kier alpha value is -1.58. The maximum absolute atomic E-state index is 13.5. The third kappa shape index (κ3) is 5.98. The number of nitrogens with one attached hydrogen (secondary N) is 1. The Bertz CT molecular complexity index is 857. The first kappa shape index (κ1) is 23.1. The number of halogens is 2. The van der Waals surface area contributed by atoms with E-state index in [1.807, 2.05) is 0 Å². The van der Waals surface area contributed by atoms with Crippen molar-refractivity contribution in [2.45, 2.75) is 69.6 Å². The number of amides is 1. The van der Waals surface area contributed by atoms with Gasteiger partial charge in [-0.1, -0.05) is 6.07 Å². The molecule has 168 valence electrons. The fourth-order valence-electron chi connectivity index (χ4n) is 4.63. The fourth-order valence-corrected chi connectivity index (χ4v) is 5.46. The second-order valence-corrected chi connectivity index (χ2v) is 10.2. The highest BCUT2D eigenvalue weighted by Gasteiger charge is 2.35. The van der Waals surface area contributed by atoms with Crippen molar-refractivity contribution in [1.29, 1.82) is 0 Å². The zero-order valence-electron chi connectivity index (χ0n) is 17.4. The number of hydrogen-bond donors (Lipinski definition) is 1. The van der Waals surface area contributed by atoms with Gasteiger partial charge >= 0.3 is 0 Å². The number of carbonyl (C=O) groups is 1. The summed E-state index contributed by atoms with van der Waals surface area (Å²) in [5, 5.41) is 0. The minimum atomic E-state index is -3.39. The van der Waals surface area contributed by atoms with E-state index in [1.54, 1.807) is 11.0 Å². The van der Waals surface area contributed by atoms with Gasteiger partial charge in [0.15, 0.2) is 11.6 Å². The zero-order valence-corrected chi connectivity index (χ0v) is 18.3. The van der Waals surface area contributed by atoms with Gasteiger partial charge in [-0.2, -0.15) is 0 Å². The van der Waals surface area contributed by atoms with Crippen LogP contribution in [0.15, 0.2) is 18.2 Å². The second kappa shape index (κ2) is 9.70. The molecule has 0 unspecified atom stereocenters. The normalized spacial score (nSPS) is 27.8. The van der Waals surface area contributed by atoms with Gasteiger partial charge in [0.05, 0.1) is 25.0 Å². The first-order valence-electron chi connectivity index (χ1n) is 10.4. The molecule has 1 amide bonds. The lowest BCUT2D eigenvalue weighted by Crippen LogP contribution is -2.58. The van der Waals surface area contributed by atoms with Crippen molar-refractivity contribution in [2.75, 3.05) is 19.4 Å². The van der Waals surface area contributed by atoms with E-state index in [-0.39, 0.29) is 36.6 Å². The molecule has 1 aromatic rings. The molecule has 2 atom stereocenters. The Labute approximate surface area is 177 Å². The van der Waals surface area contributed by atoms with Crippen molar-refractivity contribution < 1.29 is 26.7 Å². The molecule has 30 heavy (non-hydrogen) atoms. The molecule has 0 bridgehead atoms. The number of carbonyl (C=O) groups excluding carboxylic acids is 1. The molecule has 1 aliphatic heterocycles. The summed E-state index contributed by atoms with van der Waals surface area (Å²) in [5.74, 6) is -1.58. The van der Waals surface area contributed by atoms with Gasteiger partial charge in [-0.3, -0.25) is 4.79 Å². The molecule has 0 radical (unpaired) electrons. The van der Waals surface area contributed by atoms with Crippen LogP contribution in [-0.2, 0) is 19.6 Å². The molecule has 9 heteroatoms. The van der Waals surface area contributed by atoms with Gasteiger partial charge < -0.3 is 9.64 Å². The van der Waals surface area contributed by atoms with Crippen LogP contribution in [0.4, 0.5) is 8.78 Å². The molecular weight excluding hydrogens is 414 g/mol. The van der Waals surface area contributed by atoms with Crippen LogP contribution >= 0.6 is 0 Å². The predicted molar refractivity (Wildman–Crippen MR) is 109 cm³/mol. The number of nitrogens with zero attached hydrogens (tertiary/aromatic N) is 1. The minimum absolute atomic E-state index is 0.00108. The van der Waals surface area contributed by atoms with Crippen LogP contribution < -0.4 is 4.72 Å². The fraction of sp³-hybridized carbons (Fsp3) is 0.667. The lowest BCUT2D eigenvalue weighted by Gasteiger charge is -2.41. The molecular formula is C21H30F2N2O4S. The molecule has 3 rings (SSSR count). The molecule has 1 heterocycles. The van der Waals surface area contributed by atoms with Crippen LogP contribution in [0.3, 0.4) is 0 Å². The van der Waals surface area contributed by atoms with E-state index in [0.29, 0.717) is 13.0 Å². The third-order valence-electron chi connectivity index (χ3n) is 6.14. The van der Waals surface area contributed by atoms with Crippen LogP contribution in [-0.4, -0.2) is 56.8 Å². The molecule has 0 spiro atoms. The van der Waals surface area contributed by atoms with Crippen molar-refractivity contribution in [3.8, 4) is 0 Å². The Morgan fingerprint density at radius 1 is 1.17 bits per heavy atom. The number of sulfonamides is 1. The van der Waals surface area contributed by atoms with Crippen molar-refractivity contribution >= 4 is 15.9 Å². The van der Waals surface area contributed by atoms with E-state index in [9.17, 15) is 22.0 Å². The van der Waals surface area contributed by atoms with E-state index in [4.69, 9.17) is 4.74 Å². The van der Waals surface area contributed by atoms with Crippen molar-refractivity contribution in [3.63, 3.8) is 0 Å². The minimum Gasteiger partial charge on any atom is -0.376 e. The van der Waals surface area contributed by atoms with E-state index >= 15 is 0 Å². The standard InChI is InChI=1S/C21H30F2N2O4S/c1-14(26)25-11-3-4-20(24-30(2,27)28)21(25)13-29-17-8-5-15(6-9-17)16-7-10-18(22)19(23)12-16/h7,10,12,15,17,20-21,24H,3-6,8-9,11,13H2,1-2H3/t15-,17+,20-,21-/m0/s1. The first-order chi connectivity index (χ1) is 14.1. The third-order valence-corrected chi connectivity index (χ3v) is 6.87. The highest BCUT2D eigenvalue weighted by atomic mass is 32.2. The Balaban J connectivity index is 1.57. The van der Waals surface area contributed by atoms with E-state index in [0.717, 1.165) is 43.9 Å². The maximum atomic E-state index is 13.5. The molecule has 1 aliphatic carbocycles. The van der Waals surface area contributed by atoms with Crippen LogP contribution in [0.5, 0.6) is 0 Å². The molecule has 2 fully saturated rings. The predicted octanol–water partition coefficient (Wildman–Crippen LogP) is 2.94. The summed E-state index contributed by atoms with van der Waals surface area (Å²) in [7, 11) is -3.39. The average molecular weight is 445 g/mol. The number of hydrogen-bond acceptors (Lipinski definition) is 4. The summed E-state index contributed by atoms with van der Waals surface area (Å²) in [6.45, 7) is 2.35. The number of rotatable bonds is 6. The van der Waals surface area contributed by atoms with Gasteiger partial charge in [-0.05, 0) is 62.1 Å². The van der Waals surface area contributed by atoms with Gasteiger partial charge in [0.1, 0.15) is 0 Å². The topological polar surface area (TPSA) is 75.7 Å². The molecule has 1 saturated heterocycles. The van der Waals surface area contributed by atoms with Gasteiger partial charge in [0.2, 0.25) is 15.9 Å². The van der Waals surface area contributed by atoms with Gasteiger partial charge in [-0.25, -0.2) is 21.9 Å².